The Hall–Kier alpha value is -1.07. The summed E-state index contributed by atoms with van der Waals surface area (Å²) in [6, 6.07) is 4.89. The lowest BCUT2D eigenvalue weighted by Gasteiger charge is -2.26. The van der Waals surface area contributed by atoms with Crippen LogP contribution in [0.4, 0.5) is 5.69 Å². The van der Waals surface area contributed by atoms with Crippen molar-refractivity contribution < 1.29 is 4.79 Å². The van der Waals surface area contributed by atoms with Gasteiger partial charge in [0.15, 0.2) is 0 Å². The molecule has 2 unspecified atom stereocenters. The summed E-state index contributed by atoms with van der Waals surface area (Å²) in [4.78, 5) is 17.4. The first-order chi connectivity index (χ1) is 9.97. The molecule has 2 atom stereocenters. The van der Waals surface area contributed by atoms with Crippen molar-refractivity contribution in [2.24, 2.45) is 0 Å². The molecule has 21 heavy (non-hydrogen) atoms. The summed E-state index contributed by atoms with van der Waals surface area (Å²) < 4.78 is 0.863. The topological polar surface area (TPSA) is 49.6 Å². The standard InChI is InChI=1S/C16H22BrN3O/c1-10-14(7-11(17)8-15(10)18)16(21)20-6-5-12-3-4-13(9-20)19(12)2/h7-8,12-13H,3-6,9,18H2,1-2H3. The third-order valence-corrected chi connectivity index (χ3v) is 5.54. The number of nitrogens with two attached hydrogens (primary N) is 1. The van der Waals surface area contributed by atoms with E-state index in [1.807, 2.05) is 24.0 Å². The number of carbonyl (C=O) groups excluding carboxylic acids is 1. The fourth-order valence-corrected chi connectivity index (χ4v) is 4.06. The molecule has 2 N–H and O–H groups in total. The van der Waals surface area contributed by atoms with Crippen molar-refractivity contribution in [1.29, 1.82) is 0 Å². The number of nitrogens with zero attached hydrogens (tertiary/aromatic N) is 2. The molecule has 0 spiro atoms. The summed E-state index contributed by atoms with van der Waals surface area (Å²) in [6.45, 7) is 3.60. The molecule has 0 aromatic heterocycles. The van der Waals surface area contributed by atoms with E-state index in [1.54, 1.807) is 0 Å². The molecule has 0 saturated carbocycles. The maximum atomic E-state index is 12.9. The van der Waals surface area contributed by atoms with E-state index in [9.17, 15) is 4.79 Å². The van der Waals surface area contributed by atoms with Crippen LogP contribution >= 0.6 is 15.9 Å². The highest BCUT2D eigenvalue weighted by Crippen LogP contribution is 2.30. The van der Waals surface area contributed by atoms with Crippen molar-refractivity contribution in [2.45, 2.75) is 38.3 Å². The highest BCUT2D eigenvalue weighted by Gasteiger charge is 2.36. The average molecular weight is 352 g/mol. The Morgan fingerprint density at radius 1 is 1.29 bits per heavy atom. The zero-order valence-electron chi connectivity index (χ0n) is 12.6. The van der Waals surface area contributed by atoms with Gasteiger partial charge < -0.3 is 10.6 Å². The molecule has 2 aliphatic rings. The quantitative estimate of drug-likeness (QED) is 0.791. The highest BCUT2D eigenvalue weighted by molar-refractivity contribution is 9.10. The predicted octanol–water partition coefficient (Wildman–Crippen LogP) is 2.65. The zero-order chi connectivity index (χ0) is 15.1. The smallest absolute Gasteiger partial charge is 0.254 e. The Kier molecular flexibility index (Phi) is 3.97. The number of likely N-dealkylation sites (tertiary alicyclic amines) is 1. The van der Waals surface area contributed by atoms with Gasteiger partial charge in [-0.15, -0.1) is 0 Å². The average Bonchev–Trinajstić information content (AvgIpc) is 2.67. The van der Waals surface area contributed by atoms with Crippen LogP contribution in [-0.4, -0.2) is 47.9 Å². The number of fused-ring (bicyclic) bond motifs is 2. The molecule has 1 amide bonds. The van der Waals surface area contributed by atoms with E-state index in [4.69, 9.17) is 5.73 Å². The maximum absolute atomic E-state index is 12.9. The number of amides is 1. The fraction of sp³-hybridized carbons (Fsp3) is 0.562. The van der Waals surface area contributed by atoms with Crippen molar-refractivity contribution in [3.05, 3.63) is 27.7 Å². The summed E-state index contributed by atoms with van der Waals surface area (Å²) in [5.74, 6) is 0.112. The number of carbonyl (C=O) groups is 1. The Bertz CT molecular complexity index is 575. The summed E-state index contributed by atoms with van der Waals surface area (Å²) in [5.41, 5.74) is 8.27. The zero-order valence-corrected chi connectivity index (χ0v) is 14.2. The van der Waals surface area contributed by atoms with Crippen LogP contribution in [0.15, 0.2) is 16.6 Å². The fourth-order valence-electron chi connectivity index (χ4n) is 3.59. The summed E-state index contributed by atoms with van der Waals surface area (Å²) in [6.07, 6.45) is 3.54. The van der Waals surface area contributed by atoms with E-state index in [-0.39, 0.29) is 5.91 Å². The SMILES string of the molecule is Cc1c(N)cc(Br)cc1C(=O)N1CCC2CCC(C1)N2C. The van der Waals surface area contributed by atoms with Gasteiger partial charge in [-0.2, -0.15) is 0 Å². The molecule has 2 fully saturated rings. The van der Waals surface area contributed by atoms with E-state index in [1.165, 1.54) is 12.8 Å². The lowest BCUT2D eigenvalue weighted by atomic mass is 10.0. The van der Waals surface area contributed by atoms with Gasteiger partial charge in [0.25, 0.3) is 5.91 Å². The monoisotopic (exact) mass is 351 g/mol. The number of nitrogen functional groups attached to an aromatic ring is 1. The molecule has 114 valence electrons. The van der Waals surface area contributed by atoms with Gasteiger partial charge in [0.05, 0.1) is 0 Å². The minimum Gasteiger partial charge on any atom is -0.398 e. The van der Waals surface area contributed by atoms with Gasteiger partial charge in [0.1, 0.15) is 0 Å². The first-order valence-electron chi connectivity index (χ1n) is 7.54. The van der Waals surface area contributed by atoms with Crippen LogP contribution in [0.2, 0.25) is 0 Å². The van der Waals surface area contributed by atoms with E-state index in [0.717, 1.165) is 35.1 Å². The number of halogens is 1. The van der Waals surface area contributed by atoms with Crippen LogP contribution in [0.1, 0.15) is 35.2 Å². The molecule has 2 bridgehead atoms. The van der Waals surface area contributed by atoms with E-state index in [0.29, 0.717) is 17.8 Å². The second kappa shape index (κ2) is 5.61. The van der Waals surface area contributed by atoms with Crippen molar-refractivity contribution in [3.8, 4) is 0 Å². The van der Waals surface area contributed by atoms with Crippen molar-refractivity contribution in [1.82, 2.24) is 9.80 Å². The second-order valence-electron chi connectivity index (χ2n) is 6.26. The van der Waals surface area contributed by atoms with Gasteiger partial charge in [-0.3, -0.25) is 9.69 Å². The number of hydrogen-bond donors (Lipinski definition) is 1. The maximum Gasteiger partial charge on any atom is 0.254 e. The molecule has 0 aliphatic carbocycles. The van der Waals surface area contributed by atoms with E-state index in [2.05, 4.69) is 27.9 Å². The second-order valence-corrected chi connectivity index (χ2v) is 7.17. The lowest BCUT2D eigenvalue weighted by molar-refractivity contribution is 0.0739. The van der Waals surface area contributed by atoms with Crippen LogP contribution in [0.3, 0.4) is 0 Å². The van der Waals surface area contributed by atoms with Crippen LogP contribution in [0.25, 0.3) is 0 Å². The summed E-state index contributed by atoms with van der Waals surface area (Å²) >= 11 is 3.44. The van der Waals surface area contributed by atoms with Gasteiger partial charge in [-0.05, 0) is 50.9 Å². The first-order valence-corrected chi connectivity index (χ1v) is 8.33. The molecule has 1 aromatic carbocycles. The Balaban J connectivity index is 1.86. The predicted molar refractivity (Wildman–Crippen MR) is 88.4 cm³/mol. The van der Waals surface area contributed by atoms with Gasteiger partial charge in [-0.25, -0.2) is 0 Å². The Labute approximate surface area is 134 Å². The van der Waals surface area contributed by atoms with Crippen LogP contribution < -0.4 is 5.73 Å². The van der Waals surface area contributed by atoms with Gasteiger partial charge in [0.2, 0.25) is 0 Å². The normalized spacial score (nSPS) is 26.0. The number of likely N-dealkylation sites (N-methyl/N-ethyl adjacent to an activating group) is 1. The number of anilines is 1. The van der Waals surface area contributed by atoms with Gasteiger partial charge in [0, 0.05) is 40.9 Å². The molecule has 2 aliphatic heterocycles. The minimum absolute atomic E-state index is 0.112. The molecule has 3 rings (SSSR count). The van der Waals surface area contributed by atoms with Gasteiger partial charge in [-0.1, -0.05) is 15.9 Å². The summed E-state index contributed by atoms with van der Waals surface area (Å²) in [5, 5.41) is 0. The molecule has 5 heteroatoms. The van der Waals surface area contributed by atoms with Gasteiger partial charge >= 0.3 is 0 Å². The lowest BCUT2D eigenvalue weighted by Crippen LogP contribution is -2.40. The third kappa shape index (κ3) is 2.69. The molecular weight excluding hydrogens is 330 g/mol. The van der Waals surface area contributed by atoms with E-state index < -0.39 is 0 Å². The Morgan fingerprint density at radius 3 is 2.76 bits per heavy atom. The molecule has 2 heterocycles. The van der Waals surface area contributed by atoms with Crippen LogP contribution in [0, 0.1) is 6.92 Å². The summed E-state index contributed by atoms with van der Waals surface area (Å²) in [7, 11) is 2.19. The van der Waals surface area contributed by atoms with E-state index >= 15 is 0 Å². The number of hydrogen-bond acceptors (Lipinski definition) is 3. The minimum atomic E-state index is 0.112. The van der Waals surface area contributed by atoms with Crippen molar-refractivity contribution in [2.75, 3.05) is 25.9 Å². The van der Waals surface area contributed by atoms with Crippen LogP contribution in [-0.2, 0) is 0 Å². The molecule has 2 saturated heterocycles. The first kappa shape index (κ1) is 14.9. The van der Waals surface area contributed by atoms with Crippen molar-refractivity contribution >= 4 is 27.5 Å². The highest BCUT2D eigenvalue weighted by atomic mass is 79.9. The Morgan fingerprint density at radius 2 is 2.00 bits per heavy atom. The molecule has 0 radical (unpaired) electrons. The molecule has 4 nitrogen and oxygen atoms in total. The van der Waals surface area contributed by atoms with Crippen molar-refractivity contribution in [3.63, 3.8) is 0 Å². The number of benzene rings is 1. The third-order valence-electron chi connectivity index (χ3n) is 5.08. The molecule has 1 aromatic rings. The largest absolute Gasteiger partial charge is 0.398 e. The number of rotatable bonds is 1. The molecular formula is C16H22BrN3O. The van der Waals surface area contributed by atoms with Crippen LogP contribution in [0.5, 0.6) is 0 Å².